The Balaban J connectivity index is 2.08. The molecule has 2 aromatic rings. The molecule has 0 bridgehead atoms. The van der Waals surface area contributed by atoms with Gasteiger partial charge in [-0.05, 0) is 36.2 Å². The fourth-order valence-electron chi connectivity index (χ4n) is 2.09. The maximum Gasteiger partial charge on any atom is 0.170 e. The molecule has 4 nitrogen and oxygen atoms in total. The summed E-state index contributed by atoms with van der Waals surface area (Å²) in [5.41, 5.74) is 7.75. The highest BCUT2D eigenvalue weighted by molar-refractivity contribution is 5.97. The molecule has 2 rings (SSSR count). The van der Waals surface area contributed by atoms with Crippen molar-refractivity contribution in [3.63, 3.8) is 0 Å². The fourth-order valence-corrected chi connectivity index (χ4v) is 2.09. The third kappa shape index (κ3) is 4.03. The molecule has 0 saturated carbocycles. The van der Waals surface area contributed by atoms with Crippen LogP contribution in [-0.4, -0.2) is 11.0 Å². The van der Waals surface area contributed by atoms with E-state index in [2.05, 4.69) is 10.5 Å². The second-order valence-corrected chi connectivity index (χ2v) is 4.85. The highest BCUT2D eigenvalue weighted by atomic mass is 19.1. The van der Waals surface area contributed by atoms with Crippen LogP contribution in [0.25, 0.3) is 0 Å². The van der Waals surface area contributed by atoms with E-state index in [1.807, 2.05) is 37.3 Å². The van der Waals surface area contributed by atoms with E-state index in [-0.39, 0.29) is 11.9 Å². The second-order valence-electron chi connectivity index (χ2n) is 4.85. The largest absolute Gasteiger partial charge is 0.409 e. The fraction of sp³-hybridized carbons (Fsp3) is 0.188. The van der Waals surface area contributed by atoms with Crippen LogP contribution < -0.4 is 11.1 Å². The SMILES string of the molecule is C[C@H](NCc1cc(F)cc(/C(N)=N/O)c1)c1ccccc1. The third-order valence-corrected chi connectivity index (χ3v) is 3.27. The van der Waals surface area contributed by atoms with Crippen molar-refractivity contribution in [3.8, 4) is 0 Å². The van der Waals surface area contributed by atoms with E-state index in [1.54, 1.807) is 6.07 Å². The zero-order valence-corrected chi connectivity index (χ0v) is 11.8. The van der Waals surface area contributed by atoms with Gasteiger partial charge < -0.3 is 16.3 Å². The summed E-state index contributed by atoms with van der Waals surface area (Å²) in [5, 5.41) is 14.9. The molecule has 0 aliphatic rings. The van der Waals surface area contributed by atoms with E-state index >= 15 is 0 Å². The van der Waals surface area contributed by atoms with Crippen molar-refractivity contribution in [2.45, 2.75) is 19.5 Å². The summed E-state index contributed by atoms with van der Waals surface area (Å²) in [7, 11) is 0. The molecule has 0 spiro atoms. The number of hydrogen-bond donors (Lipinski definition) is 3. The first-order valence-electron chi connectivity index (χ1n) is 6.66. The van der Waals surface area contributed by atoms with Gasteiger partial charge in [0, 0.05) is 18.2 Å². The highest BCUT2D eigenvalue weighted by Gasteiger charge is 2.07. The van der Waals surface area contributed by atoms with E-state index in [0.717, 1.165) is 11.1 Å². The number of benzene rings is 2. The smallest absolute Gasteiger partial charge is 0.170 e. The van der Waals surface area contributed by atoms with Gasteiger partial charge >= 0.3 is 0 Å². The van der Waals surface area contributed by atoms with Crippen LogP contribution in [0, 0.1) is 5.82 Å². The number of hydrogen-bond acceptors (Lipinski definition) is 3. The van der Waals surface area contributed by atoms with Crippen LogP contribution in [0.4, 0.5) is 4.39 Å². The molecule has 110 valence electrons. The van der Waals surface area contributed by atoms with Crippen LogP contribution in [-0.2, 0) is 6.54 Å². The molecule has 0 unspecified atom stereocenters. The summed E-state index contributed by atoms with van der Waals surface area (Å²) in [6, 6.07) is 14.5. The molecule has 5 heteroatoms. The van der Waals surface area contributed by atoms with Crippen molar-refractivity contribution in [2.75, 3.05) is 0 Å². The highest BCUT2D eigenvalue weighted by Crippen LogP contribution is 2.14. The number of halogens is 1. The minimum Gasteiger partial charge on any atom is -0.409 e. The van der Waals surface area contributed by atoms with E-state index in [4.69, 9.17) is 10.9 Å². The maximum atomic E-state index is 13.6. The number of rotatable bonds is 5. The number of amidine groups is 1. The quantitative estimate of drug-likeness (QED) is 0.343. The molecular weight excluding hydrogens is 269 g/mol. The lowest BCUT2D eigenvalue weighted by molar-refractivity contribution is 0.318. The third-order valence-electron chi connectivity index (χ3n) is 3.27. The van der Waals surface area contributed by atoms with Gasteiger partial charge in [-0.25, -0.2) is 4.39 Å². The molecule has 0 aromatic heterocycles. The first-order chi connectivity index (χ1) is 10.1. The first-order valence-corrected chi connectivity index (χ1v) is 6.66. The lowest BCUT2D eigenvalue weighted by Crippen LogP contribution is -2.19. The Morgan fingerprint density at radius 2 is 2.00 bits per heavy atom. The van der Waals surface area contributed by atoms with Gasteiger partial charge in [0.25, 0.3) is 0 Å². The molecule has 0 aliphatic heterocycles. The molecule has 2 aromatic carbocycles. The minimum absolute atomic E-state index is 0.105. The Hall–Kier alpha value is -2.40. The van der Waals surface area contributed by atoms with Crippen molar-refractivity contribution >= 4 is 5.84 Å². The second kappa shape index (κ2) is 6.85. The zero-order chi connectivity index (χ0) is 15.2. The van der Waals surface area contributed by atoms with Gasteiger partial charge in [-0.2, -0.15) is 0 Å². The van der Waals surface area contributed by atoms with Gasteiger partial charge in [-0.15, -0.1) is 0 Å². The monoisotopic (exact) mass is 287 g/mol. The van der Waals surface area contributed by atoms with E-state index in [1.165, 1.54) is 12.1 Å². The van der Waals surface area contributed by atoms with Gasteiger partial charge in [0.15, 0.2) is 5.84 Å². The molecule has 0 fully saturated rings. The van der Waals surface area contributed by atoms with Crippen LogP contribution in [0.2, 0.25) is 0 Å². The van der Waals surface area contributed by atoms with E-state index < -0.39 is 5.82 Å². The van der Waals surface area contributed by atoms with Gasteiger partial charge in [0.1, 0.15) is 5.82 Å². The Morgan fingerprint density at radius 1 is 1.29 bits per heavy atom. The molecule has 0 saturated heterocycles. The molecule has 1 atom stereocenters. The molecule has 0 radical (unpaired) electrons. The van der Waals surface area contributed by atoms with Crippen LogP contribution in [0.5, 0.6) is 0 Å². The molecule has 4 N–H and O–H groups in total. The average Bonchev–Trinajstić information content (AvgIpc) is 2.52. The first kappa shape index (κ1) is 15.0. The van der Waals surface area contributed by atoms with E-state index in [0.29, 0.717) is 12.1 Å². The summed E-state index contributed by atoms with van der Waals surface area (Å²) in [6.45, 7) is 2.53. The predicted octanol–water partition coefficient (Wildman–Crippen LogP) is 2.77. The maximum absolute atomic E-state index is 13.6. The van der Waals surface area contributed by atoms with Crippen LogP contribution in [0.3, 0.4) is 0 Å². The van der Waals surface area contributed by atoms with Gasteiger partial charge in [0.2, 0.25) is 0 Å². The van der Waals surface area contributed by atoms with E-state index in [9.17, 15) is 4.39 Å². The summed E-state index contributed by atoms with van der Waals surface area (Å²) < 4.78 is 13.6. The van der Waals surface area contributed by atoms with Gasteiger partial charge in [-0.1, -0.05) is 35.5 Å². The Morgan fingerprint density at radius 3 is 2.67 bits per heavy atom. The molecule has 0 amide bonds. The lowest BCUT2D eigenvalue weighted by Gasteiger charge is -2.14. The molecule has 0 aliphatic carbocycles. The van der Waals surface area contributed by atoms with Crippen molar-refractivity contribution in [1.29, 1.82) is 0 Å². The topological polar surface area (TPSA) is 70.6 Å². The number of nitrogens with zero attached hydrogens (tertiary/aromatic N) is 1. The van der Waals surface area contributed by atoms with Crippen LogP contribution in [0.1, 0.15) is 29.7 Å². The molecule has 21 heavy (non-hydrogen) atoms. The normalized spacial score (nSPS) is 13.1. The lowest BCUT2D eigenvalue weighted by atomic mass is 10.1. The summed E-state index contributed by atoms with van der Waals surface area (Å²) in [4.78, 5) is 0. The predicted molar refractivity (Wildman–Crippen MR) is 80.6 cm³/mol. The Kier molecular flexibility index (Phi) is 4.90. The zero-order valence-electron chi connectivity index (χ0n) is 11.8. The molecular formula is C16H18FN3O. The standard InChI is InChI=1S/C16H18FN3O/c1-11(13-5-3-2-4-6-13)19-10-12-7-14(16(18)20-21)9-15(17)8-12/h2-9,11,19,21H,10H2,1H3,(H2,18,20)/t11-/m0/s1. The van der Waals surface area contributed by atoms with Crippen molar-refractivity contribution in [1.82, 2.24) is 5.32 Å². The summed E-state index contributed by atoms with van der Waals surface area (Å²) in [5.74, 6) is -0.518. The van der Waals surface area contributed by atoms with Crippen LogP contribution >= 0.6 is 0 Å². The minimum atomic E-state index is -0.414. The Bertz CT molecular complexity index is 629. The summed E-state index contributed by atoms with van der Waals surface area (Å²) in [6.07, 6.45) is 0. The van der Waals surface area contributed by atoms with Crippen LogP contribution in [0.15, 0.2) is 53.7 Å². The molecule has 0 heterocycles. The number of nitrogens with one attached hydrogen (secondary N) is 1. The van der Waals surface area contributed by atoms with Gasteiger partial charge in [0.05, 0.1) is 0 Å². The summed E-state index contributed by atoms with van der Waals surface area (Å²) >= 11 is 0. The van der Waals surface area contributed by atoms with Crippen molar-refractivity contribution in [3.05, 3.63) is 71.0 Å². The Labute approximate surface area is 123 Å². The van der Waals surface area contributed by atoms with Gasteiger partial charge in [-0.3, -0.25) is 0 Å². The average molecular weight is 287 g/mol. The van der Waals surface area contributed by atoms with Crippen molar-refractivity contribution < 1.29 is 9.60 Å². The number of oxime groups is 1. The number of nitrogens with two attached hydrogens (primary N) is 1. The van der Waals surface area contributed by atoms with Crippen molar-refractivity contribution in [2.24, 2.45) is 10.9 Å².